The summed E-state index contributed by atoms with van der Waals surface area (Å²) in [4.78, 5) is 12.3. The van der Waals surface area contributed by atoms with E-state index in [-0.39, 0.29) is 19.1 Å². The Morgan fingerprint density at radius 1 is 1.26 bits per heavy atom. The second kappa shape index (κ2) is 6.56. The van der Waals surface area contributed by atoms with E-state index in [1.165, 1.54) is 0 Å². The highest BCUT2D eigenvalue weighted by Crippen LogP contribution is 2.26. The molecule has 1 aromatic heterocycles. The molecule has 0 saturated heterocycles. The van der Waals surface area contributed by atoms with Gasteiger partial charge in [-0.05, 0) is 57.0 Å². The number of carbonyl (C=O) groups is 1. The summed E-state index contributed by atoms with van der Waals surface area (Å²) in [7, 11) is 0. The van der Waals surface area contributed by atoms with Crippen LogP contribution in [0.2, 0.25) is 0 Å². The number of amides is 1. The van der Waals surface area contributed by atoms with Crippen LogP contribution in [0.4, 0.5) is 0 Å². The van der Waals surface area contributed by atoms with E-state index in [4.69, 9.17) is 4.42 Å². The maximum atomic E-state index is 12.3. The zero-order chi connectivity index (χ0) is 17.2. The number of carbonyl (C=O) groups excluding carboxylic acids is 1. The van der Waals surface area contributed by atoms with Crippen LogP contribution in [0.1, 0.15) is 45.5 Å². The van der Waals surface area contributed by atoms with Crippen molar-refractivity contribution in [2.24, 2.45) is 0 Å². The summed E-state index contributed by atoms with van der Waals surface area (Å²) >= 11 is 0. The van der Waals surface area contributed by atoms with Crippen molar-refractivity contribution >= 4 is 5.91 Å². The van der Waals surface area contributed by atoms with Crippen molar-refractivity contribution in [3.63, 3.8) is 0 Å². The van der Waals surface area contributed by atoms with Crippen LogP contribution in [0.3, 0.4) is 0 Å². The molecular weight excluding hydrogens is 294 g/mol. The Hall–Kier alpha value is -2.11. The van der Waals surface area contributed by atoms with Gasteiger partial charge in [-0.3, -0.25) is 4.79 Å². The summed E-state index contributed by atoms with van der Waals surface area (Å²) in [6.45, 7) is 7.06. The number of aliphatic hydroxyl groups excluding tert-OH is 1. The smallest absolute Gasteiger partial charge is 0.251 e. The fourth-order valence-corrected chi connectivity index (χ4v) is 2.60. The van der Waals surface area contributed by atoms with Gasteiger partial charge in [0.1, 0.15) is 17.1 Å². The van der Waals surface area contributed by atoms with Gasteiger partial charge in [0.15, 0.2) is 0 Å². The molecule has 2 rings (SSSR count). The highest BCUT2D eigenvalue weighted by Gasteiger charge is 2.28. The average Bonchev–Trinajstić information content (AvgIpc) is 2.85. The van der Waals surface area contributed by atoms with Crippen LogP contribution in [-0.2, 0) is 12.2 Å². The lowest BCUT2D eigenvalue weighted by molar-refractivity contribution is 0.0514. The number of hydrogen-bond donors (Lipinski definition) is 3. The molecule has 0 spiro atoms. The minimum absolute atomic E-state index is 0.0635. The van der Waals surface area contributed by atoms with E-state index in [1.54, 1.807) is 38.1 Å². The zero-order valence-corrected chi connectivity index (χ0v) is 13.9. The van der Waals surface area contributed by atoms with Gasteiger partial charge < -0.3 is 19.9 Å². The number of rotatable bonds is 5. The van der Waals surface area contributed by atoms with E-state index >= 15 is 0 Å². The quantitative estimate of drug-likeness (QED) is 0.790. The Labute approximate surface area is 136 Å². The molecule has 0 fully saturated rings. The van der Waals surface area contributed by atoms with Crippen molar-refractivity contribution in [1.82, 2.24) is 5.32 Å². The average molecular weight is 317 g/mol. The molecule has 5 nitrogen and oxygen atoms in total. The highest BCUT2D eigenvalue weighted by molar-refractivity contribution is 5.94. The van der Waals surface area contributed by atoms with Crippen molar-refractivity contribution in [2.45, 2.75) is 39.9 Å². The lowest BCUT2D eigenvalue weighted by Gasteiger charge is -2.23. The molecular formula is C18H23NO4. The molecule has 1 atom stereocenters. The highest BCUT2D eigenvalue weighted by atomic mass is 16.3. The van der Waals surface area contributed by atoms with E-state index in [0.717, 1.165) is 11.3 Å². The third-order valence-electron chi connectivity index (χ3n) is 4.00. The number of aryl methyl sites for hydroxylation is 3. The second-order valence-electron chi connectivity index (χ2n) is 6.08. The van der Waals surface area contributed by atoms with Gasteiger partial charge in [0.25, 0.3) is 5.91 Å². The van der Waals surface area contributed by atoms with Gasteiger partial charge >= 0.3 is 0 Å². The zero-order valence-electron chi connectivity index (χ0n) is 13.9. The van der Waals surface area contributed by atoms with Gasteiger partial charge in [0.2, 0.25) is 0 Å². The second-order valence-corrected chi connectivity index (χ2v) is 6.08. The maximum absolute atomic E-state index is 12.3. The normalized spacial score (nSPS) is 13.7. The van der Waals surface area contributed by atoms with Gasteiger partial charge in [-0.1, -0.05) is 6.07 Å². The van der Waals surface area contributed by atoms with Crippen LogP contribution >= 0.6 is 0 Å². The minimum atomic E-state index is -1.22. The van der Waals surface area contributed by atoms with Gasteiger partial charge in [0.05, 0.1) is 13.2 Å². The van der Waals surface area contributed by atoms with Crippen LogP contribution in [0, 0.1) is 20.8 Å². The van der Waals surface area contributed by atoms with Crippen molar-refractivity contribution in [3.05, 3.63) is 58.0 Å². The topological polar surface area (TPSA) is 82.7 Å². The van der Waals surface area contributed by atoms with Crippen LogP contribution in [-0.4, -0.2) is 22.7 Å². The lowest BCUT2D eigenvalue weighted by Crippen LogP contribution is -2.38. The summed E-state index contributed by atoms with van der Waals surface area (Å²) < 4.78 is 5.44. The number of benzene rings is 1. The third-order valence-corrected chi connectivity index (χ3v) is 4.00. The summed E-state index contributed by atoms with van der Waals surface area (Å²) in [5.74, 6) is 1.06. The number of aliphatic hydroxyl groups is 2. The summed E-state index contributed by atoms with van der Waals surface area (Å²) in [6.07, 6.45) is 0. The molecule has 2 aromatic rings. The standard InChI is InChI=1S/C18H23NO4/c1-11-5-6-14(8-15(11)9-20)17(21)19-10-18(4,22)16-7-12(2)23-13(16)3/h5-8,20,22H,9-10H2,1-4H3,(H,19,21)/t18-/m1/s1. The van der Waals surface area contributed by atoms with Gasteiger partial charge in [-0.25, -0.2) is 0 Å². The maximum Gasteiger partial charge on any atom is 0.251 e. The molecule has 0 aliphatic rings. The van der Waals surface area contributed by atoms with Crippen LogP contribution in [0.25, 0.3) is 0 Å². The van der Waals surface area contributed by atoms with E-state index in [9.17, 15) is 15.0 Å². The fourth-order valence-electron chi connectivity index (χ4n) is 2.60. The van der Waals surface area contributed by atoms with Crippen molar-refractivity contribution in [2.75, 3.05) is 6.54 Å². The summed E-state index contributed by atoms with van der Waals surface area (Å²) in [5, 5.41) is 22.6. The molecule has 124 valence electrons. The van der Waals surface area contributed by atoms with E-state index in [1.807, 2.05) is 13.8 Å². The van der Waals surface area contributed by atoms with Crippen LogP contribution < -0.4 is 5.32 Å². The van der Waals surface area contributed by atoms with Gasteiger partial charge in [0, 0.05) is 11.1 Å². The molecule has 5 heteroatoms. The van der Waals surface area contributed by atoms with E-state index in [0.29, 0.717) is 22.5 Å². The Balaban J connectivity index is 2.10. The van der Waals surface area contributed by atoms with Crippen molar-refractivity contribution in [3.8, 4) is 0 Å². The molecule has 0 radical (unpaired) electrons. The van der Waals surface area contributed by atoms with Crippen molar-refractivity contribution < 1.29 is 19.4 Å². The molecule has 3 N–H and O–H groups in total. The van der Waals surface area contributed by atoms with Gasteiger partial charge in [-0.2, -0.15) is 0 Å². The molecule has 23 heavy (non-hydrogen) atoms. The summed E-state index contributed by atoms with van der Waals surface area (Å²) in [5.41, 5.74) is 1.54. The Morgan fingerprint density at radius 2 is 1.96 bits per heavy atom. The first-order valence-electron chi connectivity index (χ1n) is 7.53. The summed E-state index contributed by atoms with van der Waals surface area (Å²) in [6, 6.07) is 6.93. The van der Waals surface area contributed by atoms with Crippen LogP contribution in [0.15, 0.2) is 28.7 Å². The predicted molar refractivity (Wildman–Crippen MR) is 87.2 cm³/mol. The lowest BCUT2D eigenvalue weighted by atomic mass is 9.96. The molecule has 0 bridgehead atoms. The number of furan rings is 1. The van der Waals surface area contributed by atoms with Crippen molar-refractivity contribution in [1.29, 1.82) is 0 Å². The van der Waals surface area contributed by atoms with Gasteiger partial charge in [-0.15, -0.1) is 0 Å². The molecule has 1 amide bonds. The number of nitrogens with one attached hydrogen (secondary N) is 1. The molecule has 1 aromatic carbocycles. The minimum Gasteiger partial charge on any atom is -0.466 e. The molecule has 0 saturated carbocycles. The fraction of sp³-hybridized carbons (Fsp3) is 0.389. The first-order valence-corrected chi connectivity index (χ1v) is 7.53. The largest absolute Gasteiger partial charge is 0.466 e. The third kappa shape index (κ3) is 3.81. The molecule has 1 heterocycles. The van der Waals surface area contributed by atoms with E-state index in [2.05, 4.69) is 5.32 Å². The van der Waals surface area contributed by atoms with E-state index < -0.39 is 5.60 Å². The SMILES string of the molecule is Cc1cc([C@](C)(O)CNC(=O)c2ccc(C)c(CO)c2)c(C)o1. The Morgan fingerprint density at radius 3 is 2.52 bits per heavy atom. The predicted octanol–water partition coefficient (Wildman–Crippen LogP) is 2.33. The molecule has 0 aliphatic heterocycles. The molecule has 0 aliphatic carbocycles. The number of hydrogen-bond acceptors (Lipinski definition) is 4. The molecule has 0 unspecified atom stereocenters. The first-order chi connectivity index (χ1) is 10.7. The van der Waals surface area contributed by atoms with Crippen LogP contribution in [0.5, 0.6) is 0 Å². The Kier molecular flexibility index (Phi) is 4.92. The first kappa shape index (κ1) is 17.2. The Bertz CT molecular complexity index is 716. The monoisotopic (exact) mass is 317 g/mol.